The topological polar surface area (TPSA) is 65.6 Å². The molecule has 0 fully saturated rings. The number of benzene rings is 2. The maximum atomic E-state index is 14.1. The predicted octanol–water partition coefficient (Wildman–Crippen LogP) is 4.70. The van der Waals surface area contributed by atoms with Gasteiger partial charge in [-0.2, -0.15) is 0 Å². The molecule has 0 radical (unpaired) electrons. The highest BCUT2D eigenvalue weighted by Crippen LogP contribution is 2.29. The summed E-state index contributed by atoms with van der Waals surface area (Å²) in [5.41, 5.74) is 3.18. The van der Waals surface area contributed by atoms with E-state index in [0.717, 1.165) is 6.42 Å². The lowest BCUT2D eigenvalue weighted by Gasteiger charge is -2.16. The van der Waals surface area contributed by atoms with Crippen LogP contribution in [0.1, 0.15) is 32.1 Å². The average Bonchev–Trinajstić information content (AvgIpc) is 3.04. The van der Waals surface area contributed by atoms with E-state index in [1.807, 2.05) is 45.0 Å². The Morgan fingerprint density at radius 2 is 1.73 bits per heavy atom. The first-order chi connectivity index (χ1) is 14.5. The van der Waals surface area contributed by atoms with Crippen LogP contribution >= 0.6 is 0 Å². The molecule has 0 bridgehead atoms. The minimum Gasteiger partial charge on any atom is -0.293 e. The highest BCUT2D eigenvalue weighted by Gasteiger charge is 2.23. The first-order valence-electron chi connectivity index (χ1n) is 9.95. The number of hydrogen-bond acceptors (Lipinski definition) is 4. The molecule has 0 aliphatic heterocycles. The number of nitrogens with zero attached hydrogens (tertiary/aromatic N) is 5. The number of para-hydroxylation sites is 2. The second-order valence-corrected chi connectivity index (χ2v) is 7.49. The fourth-order valence-electron chi connectivity index (χ4n) is 3.97. The van der Waals surface area contributed by atoms with Crippen molar-refractivity contribution in [2.45, 2.75) is 33.2 Å². The summed E-state index contributed by atoms with van der Waals surface area (Å²) in [7, 11) is 0. The van der Waals surface area contributed by atoms with Crippen LogP contribution in [0.15, 0.2) is 53.3 Å². The maximum Gasteiger partial charge on any atom is 0.265 e. The van der Waals surface area contributed by atoms with Crippen molar-refractivity contribution in [1.82, 2.24) is 24.1 Å². The van der Waals surface area contributed by atoms with Crippen LogP contribution in [0.5, 0.6) is 0 Å². The molecule has 0 saturated heterocycles. The Labute approximate surface area is 171 Å². The normalized spacial score (nSPS) is 12.8. The third-order valence-electron chi connectivity index (χ3n) is 5.58. The van der Waals surface area contributed by atoms with Crippen molar-refractivity contribution in [3.05, 3.63) is 70.5 Å². The van der Waals surface area contributed by atoms with E-state index in [9.17, 15) is 9.18 Å². The van der Waals surface area contributed by atoms with Gasteiger partial charge in [-0.25, -0.2) is 19.3 Å². The summed E-state index contributed by atoms with van der Waals surface area (Å²) in [5.74, 6) is 0.229. The van der Waals surface area contributed by atoms with Crippen molar-refractivity contribution < 1.29 is 4.39 Å². The number of halogens is 1. The van der Waals surface area contributed by atoms with Gasteiger partial charge in [0.1, 0.15) is 22.5 Å². The molecule has 150 valence electrons. The minimum absolute atomic E-state index is 0.00427. The van der Waals surface area contributed by atoms with Gasteiger partial charge in [0.25, 0.3) is 5.56 Å². The van der Waals surface area contributed by atoms with E-state index in [2.05, 4.69) is 0 Å². The fraction of sp³-hybridized carbons (Fsp3) is 0.217. The summed E-state index contributed by atoms with van der Waals surface area (Å²) in [6.45, 7) is 5.84. The van der Waals surface area contributed by atoms with Gasteiger partial charge in [-0.3, -0.25) is 13.9 Å². The molecule has 0 saturated carbocycles. The second-order valence-electron chi connectivity index (χ2n) is 7.49. The number of hydrogen-bond donors (Lipinski definition) is 0. The van der Waals surface area contributed by atoms with E-state index < -0.39 is 0 Å². The lowest BCUT2D eigenvalue weighted by molar-refractivity contribution is 0.497. The van der Waals surface area contributed by atoms with E-state index in [1.165, 1.54) is 12.1 Å². The summed E-state index contributed by atoms with van der Waals surface area (Å²) >= 11 is 0. The van der Waals surface area contributed by atoms with Crippen molar-refractivity contribution >= 4 is 33.2 Å². The van der Waals surface area contributed by atoms with Crippen molar-refractivity contribution in [3.63, 3.8) is 0 Å². The molecule has 30 heavy (non-hydrogen) atoms. The highest BCUT2D eigenvalue weighted by atomic mass is 19.1. The van der Waals surface area contributed by atoms with Crippen LogP contribution in [0, 0.1) is 12.7 Å². The van der Waals surface area contributed by atoms with Gasteiger partial charge in [0, 0.05) is 6.04 Å². The molecule has 3 aromatic heterocycles. The minimum atomic E-state index is -0.374. The van der Waals surface area contributed by atoms with Crippen LogP contribution in [-0.4, -0.2) is 24.1 Å². The molecule has 2 aromatic carbocycles. The summed E-state index contributed by atoms with van der Waals surface area (Å²) in [5, 5.41) is 0.401. The van der Waals surface area contributed by atoms with Gasteiger partial charge in [-0.05, 0) is 50.6 Å². The zero-order chi connectivity index (χ0) is 21.0. The molecule has 5 aromatic rings. The zero-order valence-corrected chi connectivity index (χ0v) is 16.9. The molecule has 0 spiro atoms. The van der Waals surface area contributed by atoms with Crippen molar-refractivity contribution in [2.24, 2.45) is 0 Å². The molecule has 1 unspecified atom stereocenters. The van der Waals surface area contributed by atoms with Crippen molar-refractivity contribution in [2.75, 3.05) is 0 Å². The molecule has 0 N–H and O–H groups in total. The molecule has 0 aliphatic rings. The van der Waals surface area contributed by atoms with Gasteiger partial charge in [-0.1, -0.05) is 25.1 Å². The van der Waals surface area contributed by atoms with Gasteiger partial charge in [0.05, 0.1) is 16.7 Å². The molecule has 5 rings (SSSR count). The first-order valence-corrected chi connectivity index (χ1v) is 9.95. The summed E-state index contributed by atoms with van der Waals surface area (Å²) in [4.78, 5) is 27.9. The molecule has 7 heteroatoms. The summed E-state index contributed by atoms with van der Waals surface area (Å²) < 4.78 is 17.5. The number of aromatic nitrogens is 5. The van der Waals surface area contributed by atoms with Gasteiger partial charge < -0.3 is 0 Å². The lowest BCUT2D eigenvalue weighted by atomic mass is 10.2. The number of aryl methyl sites for hydroxylation is 1. The third kappa shape index (κ3) is 2.62. The summed E-state index contributed by atoms with van der Waals surface area (Å²) in [6, 6.07) is 13.7. The monoisotopic (exact) mass is 401 g/mol. The molecule has 3 heterocycles. The van der Waals surface area contributed by atoms with Crippen LogP contribution in [0.25, 0.3) is 38.9 Å². The smallest absolute Gasteiger partial charge is 0.265 e. The van der Waals surface area contributed by atoms with Crippen LogP contribution in [0.4, 0.5) is 4.39 Å². The zero-order valence-electron chi connectivity index (χ0n) is 16.9. The first kappa shape index (κ1) is 18.4. The largest absolute Gasteiger partial charge is 0.293 e. The van der Waals surface area contributed by atoms with Gasteiger partial charge in [0.2, 0.25) is 0 Å². The standard InChI is InChI=1S/C23H20FN5O/c1-4-13(2)28-14(3)25-21-19(23(28)30)20-22(27-18-11-6-5-10-17(18)26-20)29(21)16-9-7-8-15(24)12-16/h5-13H,4H2,1-3H3. The lowest BCUT2D eigenvalue weighted by Crippen LogP contribution is -2.26. The predicted molar refractivity (Wildman–Crippen MR) is 116 cm³/mol. The van der Waals surface area contributed by atoms with Gasteiger partial charge in [0.15, 0.2) is 11.3 Å². The van der Waals surface area contributed by atoms with E-state index >= 15 is 0 Å². The van der Waals surface area contributed by atoms with E-state index in [-0.39, 0.29) is 17.4 Å². The fourth-order valence-corrected chi connectivity index (χ4v) is 3.97. The quantitative estimate of drug-likeness (QED) is 0.439. The van der Waals surface area contributed by atoms with Crippen LogP contribution in [-0.2, 0) is 0 Å². The molecular formula is C23H20FN5O. The molecule has 1 atom stereocenters. The van der Waals surface area contributed by atoms with Crippen molar-refractivity contribution in [3.8, 4) is 5.69 Å². The highest BCUT2D eigenvalue weighted by molar-refractivity contribution is 6.05. The Kier molecular flexibility index (Phi) is 4.13. The SMILES string of the molecule is CCC(C)n1c(C)nc2c(c1=O)c1nc3ccccc3nc1n2-c1cccc(F)c1. The molecule has 0 amide bonds. The Bertz CT molecular complexity index is 1500. The number of fused-ring (bicyclic) bond motifs is 4. The third-order valence-corrected chi connectivity index (χ3v) is 5.58. The second kappa shape index (κ2) is 6.73. The molecule has 6 nitrogen and oxygen atoms in total. The van der Waals surface area contributed by atoms with Crippen LogP contribution in [0.3, 0.4) is 0 Å². The number of rotatable bonds is 3. The Morgan fingerprint density at radius 3 is 2.43 bits per heavy atom. The van der Waals surface area contributed by atoms with Gasteiger partial charge in [-0.15, -0.1) is 0 Å². The van der Waals surface area contributed by atoms with Crippen molar-refractivity contribution in [1.29, 1.82) is 0 Å². The van der Waals surface area contributed by atoms with Crippen LogP contribution < -0.4 is 5.56 Å². The molecular weight excluding hydrogens is 381 g/mol. The van der Waals surface area contributed by atoms with Crippen LogP contribution in [0.2, 0.25) is 0 Å². The van der Waals surface area contributed by atoms with E-state index in [1.54, 1.807) is 21.3 Å². The maximum absolute atomic E-state index is 14.1. The van der Waals surface area contributed by atoms with E-state index in [0.29, 0.717) is 44.7 Å². The Morgan fingerprint density at radius 1 is 1.00 bits per heavy atom. The van der Waals surface area contributed by atoms with E-state index in [4.69, 9.17) is 15.0 Å². The Balaban J connectivity index is 2.03. The average molecular weight is 401 g/mol. The Hall–Kier alpha value is -3.61. The van der Waals surface area contributed by atoms with Gasteiger partial charge >= 0.3 is 0 Å². The molecule has 0 aliphatic carbocycles. The summed E-state index contributed by atoms with van der Waals surface area (Å²) in [6.07, 6.45) is 0.797.